The van der Waals surface area contributed by atoms with Crippen LogP contribution in [0.4, 0.5) is 11.4 Å². The fraction of sp³-hybridized carbons (Fsp3) is 0.364. The van der Waals surface area contributed by atoms with E-state index in [0.29, 0.717) is 12.1 Å². The summed E-state index contributed by atoms with van der Waals surface area (Å²) < 4.78 is 0. The van der Waals surface area contributed by atoms with Gasteiger partial charge in [0.25, 0.3) is 0 Å². The van der Waals surface area contributed by atoms with E-state index in [2.05, 4.69) is 13.8 Å². The Labute approximate surface area is 83.5 Å². The number of amides is 1. The molecule has 1 fully saturated rings. The van der Waals surface area contributed by atoms with E-state index in [1.807, 2.05) is 24.3 Å². The molecule has 0 spiro atoms. The molecule has 1 amide bonds. The number of carbonyl (C=O) groups excluding carboxylic acids is 1. The van der Waals surface area contributed by atoms with Gasteiger partial charge in [0.1, 0.15) is 0 Å². The Hall–Kier alpha value is -1.51. The van der Waals surface area contributed by atoms with Crippen LogP contribution in [0.3, 0.4) is 0 Å². The zero-order valence-corrected chi connectivity index (χ0v) is 8.45. The van der Waals surface area contributed by atoms with E-state index >= 15 is 0 Å². The monoisotopic (exact) mass is 190 g/mol. The van der Waals surface area contributed by atoms with Crippen LogP contribution in [0.2, 0.25) is 0 Å². The fourth-order valence-electron chi connectivity index (χ4n) is 1.93. The topological polar surface area (TPSA) is 46.3 Å². The number of carbonyl (C=O) groups is 1. The molecule has 1 aliphatic heterocycles. The van der Waals surface area contributed by atoms with Crippen LogP contribution in [0.5, 0.6) is 0 Å². The Kier molecular flexibility index (Phi) is 1.77. The third-order valence-electron chi connectivity index (χ3n) is 2.57. The van der Waals surface area contributed by atoms with Crippen molar-refractivity contribution in [1.82, 2.24) is 0 Å². The third kappa shape index (κ3) is 1.25. The largest absolute Gasteiger partial charge is 0.399 e. The van der Waals surface area contributed by atoms with Crippen molar-refractivity contribution in [3.8, 4) is 0 Å². The molecule has 0 atom stereocenters. The van der Waals surface area contributed by atoms with Crippen molar-refractivity contribution in [2.75, 3.05) is 10.6 Å². The molecule has 3 heteroatoms. The molecule has 0 saturated carbocycles. The van der Waals surface area contributed by atoms with Gasteiger partial charge in [-0.25, -0.2) is 0 Å². The SMILES string of the molecule is CC1(C)CC(=O)N1c1cccc(N)c1. The van der Waals surface area contributed by atoms with Crippen LogP contribution >= 0.6 is 0 Å². The van der Waals surface area contributed by atoms with Crippen LogP contribution in [-0.4, -0.2) is 11.4 Å². The minimum Gasteiger partial charge on any atom is -0.399 e. The predicted octanol–water partition coefficient (Wildman–Crippen LogP) is 1.78. The molecule has 1 aromatic carbocycles. The summed E-state index contributed by atoms with van der Waals surface area (Å²) in [5, 5.41) is 0. The van der Waals surface area contributed by atoms with Crippen molar-refractivity contribution in [3.05, 3.63) is 24.3 Å². The van der Waals surface area contributed by atoms with Crippen LogP contribution in [0, 0.1) is 0 Å². The first-order valence-electron chi connectivity index (χ1n) is 4.69. The zero-order valence-electron chi connectivity index (χ0n) is 8.45. The lowest BCUT2D eigenvalue weighted by molar-refractivity contribution is -0.126. The summed E-state index contributed by atoms with van der Waals surface area (Å²) in [6, 6.07) is 7.43. The summed E-state index contributed by atoms with van der Waals surface area (Å²) in [6.45, 7) is 4.11. The van der Waals surface area contributed by atoms with E-state index in [9.17, 15) is 4.79 Å². The molecule has 3 nitrogen and oxygen atoms in total. The smallest absolute Gasteiger partial charge is 0.229 e. The van der Waals surface area contributed by atoms with Crippen molar-refractivity contribution in [3.63, 3.8) is 0 Å². The second-order valence-electron chi connectivity index (χ2n) is 4.31. The van der Waals surface area contributed by atoms with Crippen molar-refractivity contribution >= 4 is 17.3 Å². The number of nitrogen functional groups attached to an aromatic ring is 1. The average molecular weight is 190 g/mol. The van der Waals surface area contributed by atoms with Gasteiger partial charge in [0, 0.05) is 11.4 Å². The molecule has 0 radical (unpaired) electrons. The van der Waals surface area contributed by atoms with Crippen LogP contribution in [0.15, 0.2) is 24.3 Å². The second kappa shape index (κ2) is 2.74. The number of nitrogens with two attached hydrogens (primary N) is 1. The van der Waals surface area contributed by atoms with Crippen molar-refractivity contribution in [2.24, 2.45) is 0 Å². The summed E-state index contributed by atoms with van der Waals surface area (Å²) in [7, 11) is 0. The number of hydrogen-bond acceptors (Lipinski definition) is 2. The molecule has 1 aliphatic rings. The minimum atomic E-state index is -0.0646. The van der Waals surface area contributed by atoms with Crippen LogP contribution in [-0.2, 0) is 4.79 Å². The first-order chi connectivity index (χ1) is 6.50. The number of nitrogens with zero attached hydrogens (tertiary/aromatic N) is 1. The molecule has 0 aliphatic carbocycles. The maximum atomic E-state index is 11.4. The van der Waals surface area contributed by atoms with Gasteiger partial charge in [0.05, 0.1) is 12.0 Å². The van der Waals surface area contributed by atoms with Crippen molar-refractivity contribution in [2.45, 2.75) is 25.8 Å². The lowest BCUT2D eigenvalue weighted by atomic mass is 9.87. The van der Waals surface area contributed by atoms with Crippen LogP contribution in [0.25, 0.3) is 0 Å². The molecule has 74 valence electrons. The van der Waals surface area contributed by atoms with Gasteiger partial charge >= 0.3 is 0 Å². The lowest BCUT2D eigenvalue weighted by Crippen LogP contribution is -2.60. The quantitative estimate of drug-likeness (QED) is 0.542. The summed E-state index contributed by atoms with van der Waals surface area (Å²) >= 11 is 0. The first-order valence-corrected chi connectivity index (χ1v) is 4.69. The molecular weight excluding hydrogens is 176 g/mol. The first kappa shape index (κ1) is 9.06. The van der Waals surface area contributed by atoms with Crippen LogP contribution in [0.1, 0.15) is 20.3 Å². The molecule has 1 heterocycles. The number of β-lactam (4-membered cyclic amide) rings is 1. The molecule has 2 rings (SSSR count). The summed E-state index contributed by atoms with van der Waals surface area (Å²) in [5.41, 5.74) is 7.19. The maximum absolute atomic E-state index is 11.4. The zero-order chi connectivity index (χ0) is 10.3. The van der Waals surface area contributed by atoms with Gasteiger partial charge in [-0.2, -0.15) is 0 Å². The molecular formula is C11H14N2O. The fourth-order valence-corrected chi connectivity index (χ4v) is 1.93. The van der Waals surface area contributed by atoms with Gasteiger partial charge in [-0.15, -0.1) is 0 Å². The van der Waals surface area contributed by atoms with Crippen LogP contribution < -0.4 is 10.6 Å². The Balaban J connectivity index is 2.35. The summed E-state index contributed by atoms with van der Waals surface area (Å²) in [4.78, 5) is 13.2. The summed E-state index contributed by atoms with van der Waals surface area (Å²) in [5.74, 6) is 0.167. The number of benzene rings is 1. The Morgan fingerprint density at radius 1 is 1.43 bits per heavy atom. The van der Waals surface area contributed by atoms with Crippen molar-refractivity contribution in [1.29, 1.82) is 0 Å². The normalized spacial score (nSPS) is 19.3. The van der Waals surface area contributed by atoms with Gasteiger partial charge in [-0.3, -0.25) is 4.79 Å². The van der Waals surface area contributed by atoms with Gasteiger partial charge in [-0.05, 0) is 32.0 Å². The maximum Gasteiger partial charge on any atom is 0.229 e. The molecule has 1 aromatic rings. The number of hydrogen-bond donors (Lipinski definition) is 1. The van der Waals surface area contributed by atoms with E-state index in [-0.39, 0.29) is 11.4 Å². The lowest BCUT2D eigenvalue weighted by Gasteiger charge is -2.47. The Morgan fingerprint density at radius 2 is 2.14 bits per heavy atom. The highest BCUT2D eigenvalue weighted by molar-refractivity contribution is 6.02. The molecule has 0 aromatic heterocycles. The van der Waals surface area contributed by atoms with E-state index in [1.165, 1.54) is 0 Å². The standard InChI is InChI=1S/C11H14N2O/c1-11(2)7-10(14)13(11)9-5-3-4-8(12)6-9/h3-6H,7,12H2,1-2H3. The molecule has 0 unspecified atom stereocenters. The van der Waals surface area contributed by atoms with E-state index in [0.717, 1.165) is 5.69 Å². The molecule has 2 N–H and O–H groups in total. The van der Waals surface area contributed by atoms with Gasteiger partial charge < -0.3 is 10.6 Å². The third-order valence-corrected chi connectivity index (χ3v) is 2.57. The molecule has 0 bridgehead atoms. The Bertz CT molecular complexity index is 385. The minimum absolute atomic E-state index is 0.0646. The highest BCUT2D eigenvalue weighted by Gasteiger charge is 2.44. The van der Waals surface area contributed by atoms with E-state index in [4.69, 9.17) is 5.73 Å². The molecule has 14 heavy (non-hydrogen) atoms. The van der Waals surface area contributed by atoms with Crippen molar-refractivity contribution < 1.29 is 4.79 Å². The molecule has 1 saturated heterocycles. The second-order valence-corrected chi connectivity index (χ2v) is 4.31. The number of rotatable bonds is 1. The average Bonchev–Trinajstić information content (AvgIpc) is 2.01. The van der Waals surface area contributed by atoms with Gasteiger partial charge in [-0.1, -0.05) is 6.07 Å². The highest BCUT2D eigenvalue weighted by Crippen LogP contribution is 2.36. The predicted molar refractivity (Wildman–Crippen MR) is 57.0 cm³/mol. The summed E-state index contributed by atoms with van der Waals surface area (Å²) in [6.07, 6.45) is 0.613. The van der Waals surface area contributed by atoms with E-state index in [1.54, 1.807) is 4.90 Å². The van der Waals surface area contributed by atoms with Gasteiger partial charge in [0.2, 0.25) is 5.91 Å². The van der Waals surface area contributed by atoms with Gasteiger partial charge in [0.15, 0.2) is 0 Å². The Morgan fingerprint density at radius 3 is 2.64 bits per heavy atom. The van der Waals surface area contributed by atoms with E-state index < -0.39 is 0 Å². The number of anilines is 2. The highest BCUT2D eigenvalue weighted by atomic mass is 16.2.